The Hall–Kier alpha value is -0.541. The molecule has 217 valence electrons. The molecule has 5 rings (SSSR count). The maximum atomic E-state index is 5.30. The third-order valence-corrected chi connectivity index (χ3v) is 8.71. The number of halogens is 2. The fraction of sp³-hybridized carbons (Fsp3) is 0.621. The average Bonchev–Trinajstić information content (AvgIpc) is 2.98. The number of aromatic nitrogens is 1. The molecule has 2 heterocycles. The predicted octanol–water partition coefficient (Wildman–Crippen LogP) is 8.89. The Kier molecular flexibility index (Phi) is 14.0. The summed E-state index contributed by atoms with van der Waals surface area (Å²) in [5, 5.41) is 20.4. The van der Waals surface area contributed by atoms with E-state index in [1.165, 1.54) is 36.1 Å². The average molecular weight is 632 g/mol. The van der Waals surface area contributed by atoms with Gasteiger partial charge in [0.2, 0.25) is 0 Å². The van der Waals surface area contributed by atoms with E-state index in [1.54, 1.807) is 7.11 Å². The number of methoxy groups -OCH3 is 1. The van der Waals surface area contributed by atoms with Crippen molar-refractivity contribution in [1.29, 1.82) is 0 Å². The first-order valence-corrected chi connectivity index (χ1v) is 18.2. The normalized spacial score (nSPS) is 26.0. The van der Waals surface area contributed by atoms with Gasteiger partial charge in [-0.15, -0.1) is 24.9 Å². The minimum atomic E-state index is 0.00694. The van der Waals surface area contributed by atoms with Crippen LogP contribution >= 0.6 is 32.0 Å². The molecule has 2 fully saturated rings. The Labute approximate surface area is 253 Å². The van der Waals surface area contributed by atoms with E-state index in [-0.39, 0.29) is 13.1 Å². The zero-order valence-corrected chi connectivity index (χ0v) is 26.2. The second-order valence-electron chi connectivity index (χ2n) is 10.3. The molecule has 0 amide bonds. The zero-order valence-electron chi connectivity index (χ0n) is 22.7. The van der Waals surface area contributed by atoms with E-state index in [4.69, 9.17) is 51.2 Å². The Morgan fingerprint density at radius 3 is 1.72 bits per heavy atom. The molecule has 0 saturated heterocycles. The van der Waals surface area contributed by atoms with Crippen molar-refractivity contribution < 1.29 is 17.9 Å². The summed E-state index contributed by atoms with van der Waals surface area (Å²) in [6, 6.07) is 14.1. The van der Waals surface area contributed by atoms with Gasteiger partial charge in [0.05, 0.1) is 7.11 Å². The predicted molar refractivity (Wildman–Crippen MR) is 161 cm³/mol. The van der Waals surface area contributed by atoms with Crippen LogP contribution in [-0.2, 0) is 32.0 Å². The first kappa shape index (κ1) is 31.4. The maximum absolute atomic E-state index is 5.30. The molecule has 0 spiro atoms. The van der Waals surface area contributed by atoms with E-state index in [1.807, 2.05) is 23.9 Å². The van der Waals surface area contributed by atoms with Crippen LogP contribution in [-0.4, -0.2) is 49.4 Å². The molecule has 4 atom stereocenters. The number of nitrogens with zero attached hydrogens (tertiary/aromatic N) is 5. The molecule has 3 aliphatic rings. The summed E-state index contributed by atoms with van der Waals surface area (Å²) in [5.41, 5.74) is 3.40. The molecule has 1 aromatic carbocycles. The topological polar surface area (TPSA) is 78.5 Å². The van der Waals surface area contributed by atoms with Crippen molar-refractivity contribution in [1.82, 2.24) is 4.98 Å². The van der Waals surface area contributed by atoms with Gasteiger partial charge in [0.15, 0.2) is 0 Å². The van der Waals surface area contributed by atoms with Crippen molar-refractivity contribution in [3.63, 3.8) is 0 Å². The van der Waals surface area contributed by atoms with Crippen molar-refractivity contribution in [3.8, 4) is 5.75 Å². The summed E-state index contributed by atoms with van der Waals surface area (Å²) < 4.78 is 5.30. The first-order valence-electron chi connectivity index (χ1n) is 14.0. The molecule has 2 unspecified atom stereocenters. The van der Waals surface area contributed by atoms with Crippen LogP contribution < -0.4 is 4.74 Å². The van der Waals surface area contributed by atoms with Gasteiger partial charge in [0, 0.05) is 22.0 Å². The number of hydrogen-bond acceptors (Lipinski definition) is 3. The van der Waals surface area contributed by atoms with E-state index in [9.17, 15) is 0 Å². The van der Waals surface area contributed by atoms with Gasteiger partial charge in [-0.1, -0.05) is 63.5 Å². The third-order valence-electron chi connectivity index (χ3n) is 7.66. The van der Waals surface area contributed by atoms with Gasteiger partial charge in [0.25, 0.3) is 0 Å². The molecule has 0 N–H and O–H groups in total. The molecule has 39 heavy (non-hydrogen) atoms. The van der Waals surface area contributed by atoms with Gasteiger partial charge in [-0.3, -0.25) is 4.98 Å². The molecule has 6 nitrogen and oxygen atoms in total. The molecule has 0 radical (unpaired) electrons. The van der Waals surface area contributed by atoms with Crippen LogP contribution in [0.2, 0.25) is 0 Å². The second kappa shape index (κ2) is 17.4. The van der Waals surface area contributed by atoms with Gasteiger partial charge in [-0.25, -0.2) is 0 Å². The molecule has 2 bridgehead atoms. The van der Waals surface area contributed by atoms with Crippen LogP contribution in [0.3, 0.4) is 0 Å². The van der Waals surface area contributed by atoms with Crippen LogP contribution in [0.4, 0.5) is 0 Å². The van der Waals surface area contributed by atoms with Crippen molar-refractivity contribution in [2.75, 3.05) is 20.2 Å². The molecule has 2 aromatic rings. The third kappa shape index (κ3) is 10.4. The van der Waals surface area contributed by atoms with E-state index >= 15 is 0 Å². The second-order valence-corrected chi connectivity index (χ2v) is 13.3. The van der Waals surface area contributed by atoms with Gasteiger partial charge < -0.3 is 26.0 Å². The number of fused-ring (bicyclic) bond motifs is 4. The number of thioether (sulfide) groups is 1. The quantitative estimate of drug-likeness (QED) is 0.250. The van der Waals surface area contributed by atoms with Crippen LogP contribution in [0.15, 0.2) is 41.3 Å². The number of rotatable bonds is 4. The van der Waals surface area contributed by atoms with Crippen molar-refractivity contribution in [2.45, 2.75) is 99.3 Å². The molecule has 2 aliphatic carbocycles. The summed E-state index contributed by atoms with van der Waals surface area (Å²) in [5.74, 6) is 1.80. The van der Waals surface area contributed by atoms with E-state index in [0.29, 0.717) is 37.3 Å². The van der Waals surface area contributed by atoms with Crippen molar-refractivity contribution in [2.24, 2.45) is 0 Å². The molecule has 10 heteroatoms. The molecule has 1 aliphatic heterocycles. The van der Waals surface area contributed by atoms with Crippen molar-refractivity contribution >= 4 is 32.0 Å². The summed E-state index contributed by atoms with van der Waals surface area (Å²) in [4.78, 5) is 6.26. The van der Waals surface area contributed by atoms with Crippen molar-refractivity contribution in [3.05, 3.63) is 74.6 Å². The van der Waals surface area contributed by atoms with E-state index in [2.05, 4.69) is 24.3 Å². The van der Waals surface area contributed by atoms with Gasteiger partial charge in [-0.2, -0.15) is 37.3 Å². The summed E-state index contributed by atoms with van der Waals surface area (Å²) in [6.07, 6.45) is 9.64. The van der Waals surface area contributed by atoms with Gasteiger partial charge >= 0.3 is 33.3 Å². The fourth-order valence-corrected chi connectivity index (χ4v) is 6.62. The number of ether oxygens (including phenoxy) is 1. The van der Waals surface area contributed by atoms with Crippen LogP contribution in [0.5, 0.6) is 5.75 Å². The minimum absolute atomic E-state index is 0.00694. The Morgan fingerprint density at radius 2 is 1.26 bits per heavy atom. The van der Waals surface area contributed by atoms with Gasteiger partial charge in [0.1, 0.15) is 5.75 Å². The number of benzene rings is 1. The van der Waals surface area contributed by atoms with Crippen LogP contribution in [0.1, 0.15) is 68.3 Å². The SMILES string of the molecule is COc1ccc(CSc2cc3nc(c2)C[N-][C@@H]2CCCC[C@H]2[N-]CC[N-]C2CCCCC2[N-]C3)cc1.[Cl][Mn][Cl]. The van der Waals surface area contributed by atoms with E-state index < -0.39 is 0 Å². The number of pyridine rings is 1. The number of hydrogen-bond donors (Lipinski definition) is 0. The van der Waals surface area contributed by atoms with Gasteiger partial charge in [-0.05, 0) is 29.8 Å². The van der Waals surface area contributed by atoms with Crippen LogP contribution in [0.25, 0.3) is 21.3 Å². The molecule has 2 saturated carbocycles. The molecular weight excluding hydrogens is 592 g/mol. The Bertz CT molecular complexity index is 940. The van der Waals surface area contributed by atoms with E-state index in [0.717, 1.165) is 61.7 Å². The standard InChI is InChI=1S/C29H39N5OS.2ClH.Mn/c1-35-24-12-10-21(11-13-24)20-36-25-16-22-18-32-28-8-4-2-6-26(28)30-14-15-31-27-7-3-5-9-29(27)33-19-23(17-25)34-22;;;/h10-13,16-17,26-29H,2-9,14-15,18-20H2,1H3;2*1H;/q-4;;;+2/p-2/t26-,27?,28-,29?;;;/m1.../s1. The first-order chi connectivity index (χ1) is 19.2. The molecule has 1 aromatic heterocycles. The molecular formula is C29H39Cl2MnN5OS-4. The van der Waals surface area contributed by atoms with Crippen LogP contribution in [0, 0.1) is 0 Å². The summed E-state index contributed by atoms with van der Waals surface area (Å²) >= 11 is 1.86. The zero-order chi connectivity index (χ0) is 27.3. The monoisotopic (exact) mass is 630 g/mol. The Morgan fingerprint density at radius 1 is 0.795 bits per heavy atom. The summed E-state index contributed by atoms with van der Waals surface area (Å²) in [6.45, 7) is 2.99. The fourth-order valence-electron chi connectivity index (χ4n) is 5.66. The Balaban J connectivity index is 0.00000112. The summed E-state index contributed by atoms with van der Waals surface area (Å²) in [7, 11) is 11.3.